The number of nitrogens with zero attached hydrogens (tertiary/aromatic N) is 2. The number of piperidine rings is 1. The molecular formula is C15H19FN2. The summed E-state index contributed by atoms with van der Waals surface area (Å²) in [6.07, 6.45) is 3.77. The first-order valence-electron chi connectivity index (χ1n) is 6.63. The predicted octanol–water partition coefficient (Wildman–Crippen LogP) is 3.32. The van der Waals surface area contributed by atoms with Crippen LogP contribution in [0.4, 0.5) is 4.39 Å². The van der Waals surface area contributed by atoms with Crippen molar-refractivity contribution in [2.24, 2.45) is 5.92 Å². The van der Waals surface area contributed by atoms with Crippen molar-refractivity contribution in [2.45, 2.75) is 32.7 Å². The molecule has 0 saturated carbocycles. The quantitative estimate of drug-likeness (QED) is 0.818. The molecule has 0 radical (unpaired) electrons. The van der Waals surface area contributed by atoms with E-state index in [2.05, 4.69) is 11.8 Å². The molecule has 1 aromatic rings. The highest BCUT2D eigenvalue weighted by molar-refractivity contribution is 5.34. The highest BCUT2D eigenvalue weighted by Gasteiger charge is 2.17. The molecule has 1 heterocycles. The third kappa shape index (κ3) is 3.08. The summed E-state index contributed by atoms with van der Waals surface area (Å²) in [5.74, 6) is 0.440. The minimum absolute atomic E-state index is 0.149. The number of hydrogen-bond donors (Lipinski definition) is 0. The van der Waals surface area contributed by atoms with Crippen LogP contribution in [0.25, 0.3) is 0 Å². The Morgan fingerprint density at radius 3 is 2.72 bits per heavy atom. The highest BCUT2D eigenvalue weighted by atomic mass is 19.1. The number of benzene rings is 1. The third-order valence-corrected chi connectivity index (χ3v) is 3.84. The van der Waals surface area contributed by atoms with Gasteiger partial charge in [-0.25, -0.2) is 4.39 Å². The normalized spacial score (nSPS) is 17.6. The second-order valence-electron chi connectivity index (χ2n) is 5.05. The Hall–Kier alpha value is -1.40. The van der Waals surface area contributed by atoms with Gasteiger partial charge in [0.15, 0.2) is 0 Å². The van der Waals surface area contributed by atoms with Crippen molar-refractivity contribution in [1.82, 2.24) is 4.90 Å². The van der Waals surface area contributed by atoms with Crippen molar-refractivity contribution in [3.63, 3.8) is 0 Å². The Bertz CT molecular complexity index is 442. The highest BCUT2D eigenvalue weighted by Crippen LogP contribution is 2.21. The van der Waals surface area contributed by atoms with E-state index in [4.69, 9.17) is 5.26 Å². The van der Waals surface area contributed by atoms with E-state index in [1.165, 1.54) is 25.3 Å². The van der Waals surface area contributed by atoms with Gasteiger partial charge in [0.05, 0.1) is 5.56 Å². The van der Waals surface area contributed by atoms with Gasteiger partial charge in [0, 0.05) is 6.54 Å². The average Bonchev–Trinajstić information content (AvgIpc) is 2.42. The molecular weight excluding hydrogens is 227 g/mol. The van der Waals surface area contributed by atoms with E-state index in [-0.39, 0.29) is 5.56 Å². The van der Waals surface area contributed by atoms with Crippen LogP contribution in [0.15, 0.2) is 18.2 Å². The van der Waals surface area contributed by atoms with Gasteiger partial charge in [-0.15, -0.1) is 0 Å². The molecule has 0 N–H and O–H groups in total. The summed E-state index contributed by atoms with van der Waals surface area (Å²) in [5.41, 5.74) is 1.18. The molecule has 0 amide bonds. The lowest BCUT2D eigenvalue weighted by Gasteiger charge is -2.31. The van der Waals surface area contributed by atoms with Crippen molar-refractivity contribution < 1.29 is 4.39 Å². The molecule has 0 unspecified atom stereocenters. The molecule has 1 aliphatic heterocycles. The standard InChI is InChI=1S/C15H19FN2/c1-2-12-5-7-18(8-6-12)11-13-3-4-15(16)14(9-13)10-17/h3-4,9,12H,2,5-8,11H2,1H3. The number of nitriles is 1. The second-order valence-corrected chi connectivity index (χ2v) is 5.05. The Morgan fingerprint density at radius 2 is 2.11 bits per heavy atom. The lowest BCUT2D eigenvalue weighted by atomic mass is 9.94. The van der Waals surface area contributed by atoms with Crippen LogP contribution in [0.3, 0.4) is 0 Å². The fourth-order valence-electron chi connectivity index (χ4n) is 2.57. The summed E-state index contributed by atoms with van der Waals surface area (Å²) in [6.45, 7) is 5.29. The Kier molecular flexibility index (Phi) is 4.33. The van der Waals surface area contributed by atoms with Crippen LogP contribution in [-0.2, 0) is 6.54 Å². The molecule has 18 heavy (non-hydrogen) atoms. The minimum Gasteiger partial charge on any atom is -0.299 e. The molecule has 2 rings (SSSR count). The number of hydrogen-bond acceptors (Lipinski definition) is 2. The zero-order valence-electron chi connectivity index (χ0n) is 10.8. The van der Waals surface area contributed by atoms with Crippen molar-refractivity contribution in [1.29, 1.82) is 5.26 Å². The van der Waals surface area contributed by atoms with Crippen molar-refractivity contribution in [3.05, 3.63) is 35.1 Å². The second kappa shape index (κ2) is 5.97. The monoisotopic (exact) mass is 246 g/mol. The van der Waals surface area contributed by atoms with Gasteiger partial charge in [0.2, 0.25) is 0 Å². The molecule has 0 spiro atoms. The molecule has 1 saturated heterocycles. The smallest absolute Gasteiger partial charge is 0.140 e. The van der Waals surface area contributed by atoms with E-state index < -0.39 is 5.82 Å². The van der Waals surface area contributed by atoms with Gasteiger partial charge in [0.25, 0.3) is 0 Å². The Labute approximate surface area is 108 Å². The molecule has 0 aromatic heterocycles. The first kappa shape index (κ1) is 13.0. The lowest BCUT2D eigenvalue weighted by Crippen LogP contribution is -2.33. The summed E-state index contributed by atoms with van der Waals surface area (Å²) in [4.78, 5) is 2.39. The summed E-state index contributed by atoms with van der Waals surface area (Å²) >= 11 is 0. The molecule has 0 aliphatic carbocycles. The van der Waals surface area contributed by atoms with E-state index >= 15 is 0 Å². The number of rotatable bonds is 3. The third-order valence-electron chi connectivity index (χ3n) is 3.84. The molecule has 0 bridgehead atoms. The van der Waals surface area contributed by atoms with E-state index in [1.807, 2.05) is 6.07 Å². The average molecular weight is 246 g/mol. The molecule has 2 nitrogen and oxygen atoms in total. The first-order valence-corrected chi connectivity index (χ1v) is 6.63. The summed E-state index contributed by atoms with van der Waals surface area (Å²) in [5, 5.41) is 8.81. The van der Waals surface area contributed by atoms with Gasteiger partial charge < -0.3 is 0 Å². The SMILES string of the molecule is CCC1CCN(Cc2ccc(F)c(C#N)c2)CC1. The predicted molar refractivity (Wildman–Crippen MR) is 69.4 cm³/mol. The van der Waals surface area contributed by atoms with Crippen molar-refractivity contribution in [2.75, 3.05) is 13.1 Å². The van der Waals surface area contributed by atoms with Gasteiger partial charge in [-0.3, -0.25) is 4.90 Å². The maximum Gasteiger partial charge on any atom is 0.140 e. The van der Waals surface area contributed by atoms with Gasteiger partial charge in [0.1, 0.15) is 11.9 Å². The van der Waals surface area contributed by atoms with Gasteiger partial charge in [-0.05, 0) is 49.5 Å². The minimum atomic E-state index is -0.425. The number of halogens is 1. The van der Waals surface area contributed by atoms with Crippen LogP contribution >= 0.6 is 0 Å². The van der Waals surface area contributed by atoms with Crippen LogP contribution in [0, 0.1) is 23.1 Å². The largest absolute Gasteiger partial charge is 0.299 e. The van der Waals surface area contributed by atoms with Gasteiger partial charge in [-0.1, -0.05) is 19.4 Å². The van der Waals surface area contributed by atoms with E-state index in [0.717, 1.165) is 31.1 Å². The molecule has 96 valence electrons. The fraction of sp³-hybridized carbons (Fsp3) is 0.533. The van der Waals surface area contributed by atoms with E-state index in [1.54, 1.807) is 12.1 Å². The maximum atomic E-state index is 13.2. The van der Waals surface area contributed by atoms with Crippen LogP contribution in [0.2, 0.25) is 0 Å². The van der Waals surface area contributed by atoms with Gasteiger partial charge in [-0.2, -0.15) is 5.26 Å². The van der Waals surface area contributed by atoms with Crippen molar-refractivity contribution in [3.8, 4) is 6.07 Å². The summed E-state index contributed by atoms with van der Waals surface area (Å²) in [6, 6.07) is 6.74. The van der Waals surface area contributed by atoms with Crippen molar-refractivity contribution >= 4 is 0 Å². The van der Waals surface area contributed by atoms with Crippen LogP contribution in [0.1, 0.15) is 37.3 Å². The van der Waals surface area contributed by atoms with Gasteiger partial charge >= 0.3 is 0 Å². The zero-order valence-corrected chi connectivity index (χ0v) is 10.8. The zero-order chi connectivity index (χ0) is 13.0. The lowest BCUT2D eigenvalue weighted by molar-refractivity contribution is 0.175. The van der Waals surface area contributed by atoms with E-state index in [0.29, 0.717) is 0 Å². The molecule has 3 heteroatoms. The molecule has 0 atom stereocenters. The molecule has 1 aliphatic rings. The molecule has 1 fully saturated rings. The molecule has 1 aromatic carbocycles. The Balaban J connectivity index is 1.96. The number of likely N-dealkylation sites (tertiary alicyclic amines) is 1. The van der Waals surface area contributed by atoms with Crippen LogP contribution in [-0.4, -0.2) is 18.0 Å². The Morgan fingerprint density at radius 1 is 1.39 bits per heavy atom. The maximum absolute atomic E-state index is 13.2. The van der Waals surface area contributed by atoms with E-state index in [9.17, 15) is 4.39 Å². The topological polar surface area (TPSA) is 27.0 Å². The first-order chi connectivity index (χ1) is 8.72. The van der Waals surface area contributed by atoms with Crippen LogP contribution in [0.5, 0.6) is 0 Å². The summed E-state index contributed by atoms with van der Waals surface area (Å²) in [7, 11) is 0. The van der Waals surface area contributed by atoms with Crippen LogP contribution < -0.4 is 0 Å². The summed E-state index contributed by atoms with van der Waals surface area (Å²) < 4.78 is 13.2. The fourth-order valence-corrected chi connectivity index (χ4v) is 2.57.